The number of hydrogen-bond donors (Lipinski definition) is 1. The molecule has 0 bridgehead atoms. The lowest BCUT2D eigenvalue weighted by Crippen LogP contribution is -2.34. The van der Waals surface area contributed by atoms with Gasteiger partial charge in [-0.3, -0.25) is 4.79 Å². The van der Waals surface area contributed by atoms with Gasteiger partial charge in [-0.25, -0.2) is 0 Å². The van der Waals surface area contributed by atoms with Crippen LogP contribution in [-0.2, 0) is 6.42 Å². The Labute approximate surface area is 137 Å². The van der Waals surface area contributed by atoms with E-state index in [1.54, 1.807) is 24.5 Å². The highest BCUT2D eigenvalue weighted by Crippen LogP contribution is 2.19. The van der Waals surface area contributed by atoms with Gasteiger partial charge in [0.05, 0.1) is 17.5 Å². The van der Waals surface area contributed by atoms with Crippen molar-refractivity contribution in [1.82, 2.24) is 25.5 Å². The molecule has 1 N–H and O–H groups in total. The van der Waals surface area contributed by atoms with Crippen LogP contribution in [0.2, 0.25) is 5.02 Å². The molecule has 2 aromatic heterocycles. The van der Waals surface area contributed by atoms with Crippen LogP contribution in [0.1, 0.15) is 23.0 Å². The number of halogens is 1. The molecule has 0 saturated heterocycles. The number of carbonyl (C=O) groups excluding carboxylic acids is 1. The zero-order chi connectivity index (χ0) is 16.2. The van der Waals surface area contributed by atoms with Crippen LogP contribution in [0.4, 0.5) is 0 Å². The van der Waals surface area contributed by atoms with Crippen LogP contribution in [0.5, 0.6) is 0 Å². The lowest BCUT2D eigenvalue weighted by atomic mass is 10.1. The predicted octanol–water partition coefficient (Wildman–Crippen LogP) is 2.27. The van der Waals surface area contributed by atoms with Gasteiger partial charge < -0.3 is 9.73 Å². The first-order valence-corrected chi connectivity index (χ1v) is 7.37. The standard InChI is InChI=1S/C15H14ClN5O2/c1-10(7-12-3-2-6-23-12)18-15(22)13-8-11(16)4-5-14(13)21-9-17-19-20-21/h2-6,8-10H,7H2,1H3,(H,18,22). The number of tetrazole rings is 1. The molecule has 0 saturated carbocycles. The summed E-state index contributed by atoms with van der Waals surface area (Å²) < 4.78 is 6.71. The van der Waals surface area contributed by atoms with E-state index < -0.39 is 0 Å². The number of nitrogens with one attached hydrogen (secondary N) is 1. The Kier molecular flexibility index (Phi) is 4.38. The highest BCUT2D eigenvalue weighted by atomic mass is 35.5. The number of amides is 1. The maximum absolute atomic E-state index is 12.6. The lowest BCUT2D eigenvalue weighted by molar-refractivity contribution is 0.0939. The number of furan rings is 1. The van der Waals surface area contributed by atoms with E-state index >= 15 is 0 Å². The van der Waals surface area contributed by atoms with Gasteiger partial charge in [0.25, 0.3) is 5.91 Å². The third-order valence-electron chi connectivity index (χ3n) is 3.26. The van der Waals surface area contributed by atoms with Gasteiger partial charge in [0.2, 0.25) is 0 Å². The van der Waals surface area contributed by atoms with E-state index in [-0.39, 0.29) is 11.9 Å². The number of nitrogens with zero attached hydrogens (tertiary/aromatic N) is 4. The zero-order valence-electron chi connectivity index (χ0n) is 12.3. The molecule has 1 aromatic carbocycles. The maximum Gasteiger partial charge on any atom is 0.253 e. The molecule has 0 aliphatic rings. The van der Waals surface area contributed by atoms with Crippen LogP contribution >= 0.6 is 11.6 Å². The van der Waals surface area contributed by atoms with Gasteiger partial charge in [-0.15, -0.1) is 5.10 Å². The second-order valence-corrected chi connectivity index (χ2v) is 5.51. The second-order valence-electron chi connectivity index (χ2n) is 5.07. The summed E-state index contributed by atoms with van der Waals surface area (Å²) in [6.45, 7) is 1.90. The molecule has 118 valence electrons. The first-order chi connectivity index (χ1) is 11.1. The van der Waals surface area contributed by atoms with Crippen molar-refractivity contribution in [3.63, 3.8) is 0 Å². The van der Waals surface area contributed by atoms with Crippen molar-refractivity contribution in [1.29, 1.82) is 0 Å². The number of rotatable bonds is 5. The molecule has 0 radical (unpaired) electrons. The molecule has 0 aliphatic carbocycles. The van der Waals surface area contributed by atoms with Crippen molar-refractivity contribution in [3.8, 4) is 5.69 Å². The van der Waals surface area contributed by atoms with Gasteiger partial charge in [0, 0.05) is 17.5 Å². The Balaban J connectivity index is 1.80. The van der Waals surface area contributed by atoms with E-state index in [1.807, 2.05) is 19.1 Å². The van der Waals surface area contributed by atoms with Gasteiger partial charge in [-0.05, 0) is 47.7 Å². The van der Waals surface area contributed by atoms with Crippen molar-refractivity contribution in [3.05, 3.63) is 59.3 Å². The summed E-state index contributed by atoms with van der Waals surface area (Å²) >= 11 is 6.02. The monoisotopic (exact) mass is 331 g/mol. The van der Waals surface area contributed by atoms with Gasteiger partial charge in [-0.2, -0.15) is 4.68 Å². The van der Waals surface area contributed by atoms with E-state index in [0.29, 0.717) is 22.7 Å². The number of carbonyl (C=O) groups is 1. The van der Waals surface area contributed by atoms with E-state index in [0.717, 1.165) is 5.76 Å². The average Bonchev–Trinajstić information content (AvgIpc) is 3.20. The Bertz CT molecular complexity index is 786. The average molecular weight is 332 g/mol. The Morgan fingerprint density at radius 3 is 3.00 bits per heavy atom. The van der Waals surface area contributed by atoms with Gasteiger partial charge in [0.1, 0.15) is 12.1 Å². The van der Waals surface area contributed by atoms with E-state index in [4.69, 9.17) is 16.0 Å². The quantitative estimate of drug-likeness (QED) is 0.775. The molecule has 1 atom stereocenters. The SMILES string of the molecule is CC(Cc1ccco1)NC(=O)c1cc(Cl)ccc1-n1cnnn1. The van der Waals surface area contributed by atoms with Crippen LogP contribution in [0, 0.1) is 0 Å². The number of hydrogen-bond acceptors (Lipinski definition) is 5. The van der Waals surface area contributed by atoms with E-state index in [1.165, 1.54) is 11.0 Å². The number of benzene rings is 1. The molecule has 1 unspecified atom stereocenters. The van der Waals surface area contributed by atoms with Crippen molar-refractivity contribution < 1.29 is 9.21 Å². The molecule has 7 nitrogen and oxygen atoms in total. The van der Waals surface area contributed by atoms with Crippen molar-refractivity contribution in [2.45, 2.75) is 19.4 Å². The van der Waals surface area contributed by atoms with Crippen molar-refractivity contribution in [2.75, 3.05) is 0 Å². The highest BCUT2D eigenvalue weighted by molar-refractivity contribution is 6.31. The summed E-state index contributed by atoms with van der Waals surface area (Å²) in [6, 6.07) is 8.56. The predicted molar refractivity (Wildman–Crippen MR) is 83.5 cm³/mol. The molecular formula is C15H14ClN5O2. The molecular weight excluding hydrogens is 318 g/mol. The third-order valence-corrected chi connectivity index (χ3v) is 3.50. The minimum atomic E-state index is -0.253. The summed E-state index contributed by atoms with van der Waals surface area (Å²) in [7, 11) is 0. The fourth-order valence-corrected chi connectivity index (χ4v) is 2.42. The van der Waals surface area contributed by atoms with Crippen LogP contribution in [-0.4, -0.2) is 32.2 Å². The summed E-state index contributed by atoms with van der Waals surface area (Å²) in [4.78, 5) is 12.6. The summed E-state index contributed by atoms with van der Waals surface area (Å²) in [5.41, 5.74) is 0.957. The fraction of sp³-hybridized carbons (Fsp3) is 0.200. The molecule has 1 amide bonds. The molecule has 2 heterocycles. The molecule has 8 heteroatoms. The Morgan fingerprint density at radius 2 is 2.30 bits per heavy atom. The summed E-state index contributed by atoms with van der Waals surface area (Å²) in [5.74, 6) is 0.557. The van der Waals surface area contributed by atoms with Gasteiger partial charge in [0.15, 0.2) is 0 Å². The zero-order valence-corrected chi connectivity index (χ0v) is 13.1. The lowest BCUT2D eigenvalue weighted by Gasteiger charge is -2.14. The topological polar surface area (TPSA) is 85.8 Å². The van der Waals surface area contributed by atoms with E-state index in [9.17, 15) is 4.79 Å². The molecule has 23 heavy (non-hydrogen) atoms. The summed E-state index contributed by atoms with van der Waals surface area (Å²) in [6.07, 6.45) is 3.63. The summed E-state index contributed by atoms with van der Waals surface area (Å²) in [5, 5.41) is 14.4. The Hall–Kier alpha value is -2.67. The first kappa shape index (κ1) is 15.2. The fourth-order valence-electron chi connectivity index (χ4n) is 2.24. The minimum Gasteiger partial charge on any atom is -0.469 e. The number of aromatic nitrogens is 4. The molecule has 0 spiro atoms. The van der Waals surface area contributed by atoms with Crippen LogP contribution < -0.4 is 5.32 Å². The largest absolute Gasteiger partial charge is 0.469 e. The van der Waals surface area contributed by atoms with Gasteiger partial charge in [-0.1, -0.05) is 11.6 Å². The van der Waals surface area contributed by atoms with Crippen molar-refractivity contribution >= 4 is 17.5 Å². The second kappa shape index (κ2) is 6.62. The van der Waals surface area contributed by atoms with Gasteiger partial charge >= 0.3 is 0 Å². The molecule has 0 aliphatic heterocycles. The normalized spacial score (nSPS) is 12.1. The molecule has 3 aromatic rings. The third kappa shape index (κ3) is 3.57. The first-order valence-electron chi connectivity index (χ1n) is 6.99. The maximum atomic E-state index is 12.6. The minimum absolute atomic E-state index is 0.102. The van der Waals surface area contributed by atoms with E-state index in [2.05, 4.69) is 20.8 Å². The highest BCUT2D eigenvalue weighted by Gasteiger charge is 2.17. The van der Waals surface area contributed by atoms with Crippen LogP contribution in [0.3, 0.4) is 0 Å². The van der Waals surface area contributed by atoms with Crippen molar-refractivity contribution in [2.24, 2.45) is 0 Å². The smallest absolute Gasteiger partial charge is 0.253 e. The van der Waals surface area contributed by atoms with Crippen LogP contribution in [0.25, 0.3) is 5.69 Å². The Morgan fingerprint density at radius 1 is 1.43 bits per heavy atom. The molecule has 0 fully saturated rings. The molecule has 3 rings (SSSR count). The van der Waals surface area contributed by atoms with Crippen LogP contribution in [0.15, 0.2) is 47.3 Å².